The van der Waals surface area contributed by atoms with Crippen molar-refractivity contribution in [1.82, 2.24) is 5.32 Å². The van der Waals surface area contributed by atoms with Crippen molar-refractivity contribution in [2.75, 3.05) is 6.54 Å². The predicted molar refractivity (Wildman–Crippen MR) is 79.2 cm³/mol. The quantitative estimate of drug-likeness (QED) is 0.943. The normalized spacial score (nSPS) is 22.8. The maximum Gasteiger partial charge on any atom is 0.194 e. The molecule has 20 heavy (non-hydrogen) atoms. The van der Waals surface area contributed by atoms with Gasteiger partial charge in [0.1, 0.15) is 5.37 Å². The second-order valence-electron chi connectivity index (χ2n) is 5.04. The molecule has 0 aliphatic carbocycles. The van der Waals surface area contributed by atoms with E-state index in [1.807, 2.05) is 36.4 Å². The van der Waals surface area contributed by atoms with E-state index in [9.17, 15) is 8.42 Å². The van der Waals surface area contributed by atoms with Gasteiger partial charge < -0.3 is 5.32 Å². The summed E-state index contributed by atoms with van der Waals surface area (Å²) < 4.78 is 25.5. The highest BCUT2D eigenvalue weighted by Crippen LogP contribution is 2.33. The first-order chi connectivity index (χ1) is 9.69. The highest BCUT2D eigenvalue weighted by atomic mass is 32.2. The fourth-order valence-electron chi connectivity index (χ4n) is 2.80. The van der Waals surface area contributed by atoms with Gasteiger partial charge in [-0.25, -0.2) is 8.42 Å². The number of nitrogens with one attached hydrogen (secondary N) is 1. The minimum Gasteiger partial charge on any atom is -0.300 e. The molecule has 1 heterocycles. The molecule has 0 saturated carbocycles. The van der Waals surface area contributed by atoms with Crippen LogP contribution in [-0.4, -0.2) is 20.3 Å². The van der Waals surface area contributed by atoms with Crippen LogP contribution >= 0.6 is 0 Å². The van der Waals surface area contributed by atoms with Crippen LogP contribution in [0.3, 0.4) is 0 Å². The number of hydrogen-bond donors (Lipinski definition) is 1. The van der Waals surface area contributed by atoms with E-state index >= 15 is 0 Å². The summed E-state index contributed by atoms with van der Waals surface area (Å²) in [6, 6.07) is 18.6. The molecule has 3 rings (SSSR count). The highest BCUT2D eigenvalue weighted by molar-refractivity contribution is 7.92. The lowest BCUT2D eigenvalue weighted by atomic mass is 9.98. The Morgan fingerprint density at radius 3 is 2.15 bits per heavy atom. The van der Waals surface area contributed by atoms with Crippen molar-refractivity contribution in [2.24, 2.45) is 0 Å². The van der Waals surface area contributed by atoms with Crippen molar-refractivity contribution in [3.05, 3.63) is 66.2 Å². The van der Waals surface area contributed by atoms with Crippen LogP contribution in [0.15, 0.2) is 65.6 Å². The van der Waals surface area contributed by atoms with Gasteiger partial charge >= 0.3 is 0 Å². The number of rotatable bonds is 3. The fourth-order valence-corrected chi connectivity index (χ4v) is 4.69. The minimum absolute atomic E-state index is 0.0152. The second-order valence-corrected chi connectivity index (χ2v) is 7.11. The van der Waals surface area contributed by atoms with Gasteiger partial charge in [0.05, 0.1) is 4.90 Å². The van der Waals surface area contributed by atoms with E-state index in [1.165, 1.54) is 0 Å². The summed E-state index contributed by atoms with van der Waals surface area (Å²) in [5, 5.41) is 2.62. The Hall–Kier alpha value is -1.65. The molecular weight excluding hydrogens is 270 g/mol. The van der Waals surface area contributed by atoms with E-state index < -0.39 is 15.2 Å². The van der Waals surface area contributed by atoms with Crippen molar-refractivity contribution in [3.8, 4) is 0 Å². The lowest BCUT2D eigenvalue weighted by Crippen LogP contribution is -2.34. The molecule has 1 aliphatic rings. The van der Waals surface area contributed by atoms with Gasteiger partial charge in [-0.1, -0.05) is 48.5 Å². The van der Waals surface area contributed by atoms with Gasteiger partial charge in [-0.2, -0.15) is 0 Å². The Kier molecular flexibility index (Phi) is 3.59. The van der Waals surface area contributed by atoms with Crippen LogP contribution in [0.25, 0.3) is 0 Å². The largest absolute Gasteiger partial charge is 0.300 e. The smallest absolute Gasteiger partial charge is 0.194 e. The van der Waals surface area contributed by atoms with Crippen molar-refractivity contribution in [2.45, 2.75) is 22.6 Å². The Labute approximate surface area is 119 Å². The predicted octanol–water partition coefficient (Wildman–Crippen LogP) is 2.56. The van der Waals surface area contributed by atoms with Crippen LogP contribution in [0.4, 0.5) is 0 Å². The summed E-state index contributed by atoms with van der Waals surface area (Å²) in [6.07, 6.45) is 0.848. The first kappa shape index (κ1) is 13.3. The molecule has 0 radical (unpaired) electrons. The molecule has 0 spiro atoms. The Morgan fingerprint density at radius 2 is 1.50 bits per heavy atom. The molecule has 0 aromatic heterocycles. The average molecular weight is 287 g/mol. The van der Waals surface area contributed by atoms with E-state index in [2.05, 4.69) is 5.32 Å². The van der Waals surface area contributed by atoms with E-state index in [-0.39, 0.29) is 5.92 Å². The van der Waals surface area contributed by atoms with E-state index in [1.54, 1.807) is 24.3 Å². The Morgan fingerprint density at radius 1 is 0.900 bits per heavy atom. The first-order valence-electron chi connectivity index (χ1n) is 6.77. The molecule has 0 bridgehead atoms. The molecule has 1 aliphatic heterocycles. The molecule has 2 atom stereocenters. The minimum atomic E-state index is -3.35. The van der Waals surface area contributed by atoms with Crippen LogP contribution in [0.1, 0.15) is 17.9 Å². The molecule has 3 nitrogen and oxygen atoms in total. The molecule has 1 saturated heterocycles. The maximum absolute atomic E-state index is 12.8. The van der Waals surface area contributed by atoms with Crippen LogP contribution in [0, 0.1) is 0 Å². The van der Waals surface area contributed by atoms with E-state index in [0.29, 0.717) is 4.90 Å². The molecule has 1 N–H and O–H groups in total. The first-order valence-corrected chi connectivity index (χ1v) is 8.31. The van der Waals surface area contributed by atoms with Gasteiger partial charge in [-0.15, -0.1) is 0 Å². The SMILES string of the molecule is O=S(=O)(c1ccccc1)C1NCCC1c1ccccc1. The van der Waals surface area contributed by atoms with Crippen LogP contribution < -0.4 is 5.32 Å². The molecule has 4 heteroatoms. The lowest BCUT2D eigenvalue weighted by Gasteiger charge is -2.20. The molecule has 2 unspecified atom stereocenters. The summed E-state index contributed by atoms with van der Waals surface area (Å²) >= 11 is 0. The summed E-state index contributed by atoms with van der Waals surface area (Å²) in [4.78, 5) is 0.389. The van der Waals surface area contributed by atoms with Crippen molar-refractivity contribution in [1.29, 1.82) is 0 Å². The third-order valence-corrected chi connectivity index (χ3v) is 5.89. The standard InChI is InChI=1S/C16H17NO2S/c18-20(19,14-9-5-2-6-10-14)16-15(11-12-17-16)13-7-3-1-4-8-13/h1-10,15-17H,11-12H2. The van der Waals surface area contributed by atoms with E-state index in [4.69, 9.17) is 0 Å². The Balaban J connectivity index is 1.97. The van der Waals surface area contributed by atoms with Gasteiger partial charge in [0.2, 0.25) is 0 Å². The highest BCUT2D eigenvalue weighted by Gasteiger charge is 2.38. The zero-order valence-electron chi connectivity index (χ0n) is 11.1. The molecule has 0 amide bonds. The summed E-state index contributed by atoms with van der Waals surface area (Å²) in [6.45, 7) is 0.732. The number of sulfone groups is 1. The number of benzene rings is 2. The molecule has 2 aromatic carbocycles. The van der Waals surface area contributed by atoms with Crippen LogP contribution in [0.5, 0.6) is 0 Å². The summed E-state index contributed by atoms with van der Waals surface area (Å²) in [5.41, 5.74) is 1.09. The molecular formula is C16H17NO2S. The summed E-state index contributed by atoms with van der Waals surface area (Å²) in [5.74, 6) is 0.0152. The topological polar surface area (TPSA) is 46.2 Å². The van der Waals surface area contributed by atoms with Gasteiger partial charge in [0.25, 0.3) is 0 Å². The van der Waals surface area contributed by atoms with Gasteiger partial charge in [-0.05, 0) is 30.7 Å². The van der Waals surface area contributed by atoms with Gasteiger partial charge in [-0.3, -0.25) is 0 Å². The maximum atomic E-state index is 12.8. The second kappa shape index (κ2) is 5.38. The third-order valence-electron chi connectivity index (χ3n) is 3.80. The third kappa shape index (κ3) is 2.37. The molecule has 2 aromatic rings. The lowest BCUT2D eigenvalue weighted by molar-refractivity contribution is 0.559. The fraction of sp³-hybridized carbons (Fsp3) is 0.250. The van der Waals surface area contributed by atoms with Crippen LogP contribution in [0.2, 0.25) is 0 Å². The zero-order valence-corrected chi connectivity index (χ0v) is 11.9. The average Bonchev–Trinajstić information content (AvgIpc) is 2.99. The van der Waals surface area contributed by atoms with Crippen molar-refractivity contribution in [3.63, 3.8) is 0 Å². The van der Waals surface area contributed by atoms with Gasteiger partial charge in [0.15, 0.2) is 9.84 Å². The van der Waals surface area contributed by atoms with E-state index in [0.717, 1.165) is 18.5 Å². The van der Waals surface area contributed by atoms with Gasteiger partial charge in [0, 0.05) is 5.92 Å². The Bertz CT molecular complexity index is 668. The van der Waals surface area contributed by atoms with Crippen molar-refractivity contribution >= 4 is 9.84 Å². The molecule has 104 valence electrons. The zero-order chi connectivity index (χ0) is 14.0. The number of hydrogen-bond acceptors (Lipinski definition) is 3. The monoisotopic (exact) mass is 287 g/mol. The molecule has 1 fully saturated rings. The summed E-state index contributed by atoms with van der Waals surface area (Å²) in [7, 11) is -3.35. The van der Waals surface area contributed by atoms with Crippen molar-refractivity contribution < 1.29 is 8.42 Å². The van der Waals surface area contributed by atoms with Crippen LogP contribution in [-0.2, 0) is 9.84 Å².